The van der Waals surface area contributed by atoms with Gasteiger partial charge in [-0.2, -0.15) is 0 Å². The monoisotopic (exact) mass is 371 g/mol. The molecule has 0 radical (unpaired) electrons. The van der Waals surface area contributed by atoms with Crippen LogP contribution in [0.15, 0.2) is 72.1 Å². The van der Waals surface area contributed by atoms with E-state index in [2.05, 4.69) is 15.0 Å². The number of nitrogens with zero attached hydrogens (tertiary/aromatic N) is 3. The van der Waals surface area contributed by atoms with Gasteiger partial charge in [-0.15, -0.1) is 0 Å². The Balaban J connectivity index is 1.45. The van der Waals surface area contributed by atoms with E-state index in [0.29, 0.717) is 18.9 Å². The third-order valence-electron chi connectivity index (χ3n) is 4.36. The number of rotatable bonds is 6. The lowest BCUT2D eigenvalue weighted by Crippen LogP contribution is -1.99. The molecule has 0 bridgehead atoms. The van der Waals surface area contributed by atoms with Crippen LogP contribution in [0.25, 0.3) is 16.7 Å². The summed E-state index contributed by atoms with van der Waals surface area (Å²) in [6.45, 7) is 1.05. The van der Waals surface area contributed by atoms with Gasteiger partial charge in [0, 0.05) is 29.7 Å². The standard InChI is InChI=1S/C22H17N3O3/c26-22(27)19-9-18(11-24-12-19)16-3-1-2-15(8-16)14-28-20-4-5-21(25-13-20)17-6-7-23-10-17/h1-9,11-13H,10,14H2,(H,26,27). The van der Waals surface area contributed by atoms with E-state index in [1.807, 2.05) is 42.5 Å². The van der Waals surface area contributed by atoms with Gasteiger partial charge in [0.15, 0.2) is 0 Å². The topological polar surface area (TPSA) is 84.7 Å². The van der Waals surface area contributed by atoms with Gasteiger partial charge < -0.3 is 9.84 Å². The summed E-state index contributed by atoms with van der Waals surface area (Å²) in [6, 6.07) is 13.2. The van der Waals surface area contributed by atoms with E-state index in [0.717, 1.165) is 28.0 Å². The van der Waals surface area contributed by atoms with Crippen molar-refractivity contribution in [3.05, 3.63) is 84.0 Å². The number of aromatic carboxylic acids is 1. The van der Waals surface area contributed by atoms with Crippen LogP contribution in [0.3, 0.4) is 0 Å². The molecule has 3 aromatic rings. The molecule has 28 heavy (non-hydrogen) atoms. The fourth-order valence-electron chi connectivity index (χ4n) is 2.89. The van der Waals surface area contributed by atoms with Crippen molar-refractivity contribution in [1.82, 2.24) is 9.97 Å². The largest absolute Gasteiger partial charge is 0.487 e. The van der Waals surface area contributed by atoms with E-state index in [9.17, 15) is 4.79 Å². The van der Waals surface area contributed by atoms with E-state index in [1.54, 1.807) is 24.7 Å². The zero-order chi connectivity index (χ0) is 19.3. The molecule has 0 fully saturated rings. The molecule has 1 aliphatic rings. The van der Waals surface area contributed by atoms with Gasteiger partial charge in [-0.05, 0) is 41.5 Å². The molecule has 0 atom stereocenters. The maximum atomic E-state index is 11.1. The fraction of sp³-hybridized carbons (Fsp3) is 0.0909. The highest BCUT2D eigenvalue weighted by Gasteiger charge is 2.08. The van der Waals surface area contributed by atoms with Crippen LogP contribution in [0.1, 0.15) is 21.6 Å². The van der Waals surface area contributed by atoms with Gasteiger partial charge in [0.25, 0.3) is 0 Å². The molecule has 1 aliphatic heterocycles. The maximum absolute atomic E-state index is 11.1. The highest BCUT2D eigenvalue weighted by molar-refractivity contribution is 5.89. The molecular formula is C22H17N3O3. The summed E-state index contributed by atoms with van der Waals surface area (Å²) in [5.41, 5.74) is 4.76. The molecule has 0 amide bonds. The van der Waals surface area contributed by atoms with Crippen LogP contribution in [0.4, 0.5) is 0 Å². The number of hydrogen-bond donors (Lipinski definition) is 1. The molecule has 0 unspecified atom stereocenters. The molecule has 3 heterocycles. The Kier molecular flexibility index (Phi) is 4.93. The first kappa shape index (κ1) is 17.6. The van der Waals surface area contributed by atoms with Crippen LogP contribution in [0, 0.1) is 0 Å². The molecule has 6 nitrogen and oxygen atoms in total. The number of carboxylic acid groups (broad SMARTS) is 1. The van der Waals surface area contributed by atoms with E-state index in [4.69, 9.17) is 9.84 Å². The first-order chi connectivity index (χ1) is 13.7. The van der Waals surface area contributed by atoms with Crippen molar-refractivity contribution in [2.24, 2.45) is 4.99 Å². The normalized spacial score (nSPS) is 12.6. The second-order valence-corrected chi connectivity index (χ2v) is 6.32. The SMILES string of the molecule is O=C(O)c1cncc(-c2cccc(COc3ccc(C4=CC=NC4)nc3)c2)c1. The first-order valence-corrected chi connectivity index (χ1v) is 8.75. The molecule has 6 heteroatoms. The summed E-state index contributed by atoms with van der Waals surface area (Å²) in [4.78, 5) is 23.7. The van der Waals surface area contributed by atoms with Gasteiger partial charge in [0.2, 0.25) is 0 Å². The Bertz CT molecular complexity index is 1070. The lowest BCUT2D eigenvalue weighted by molar-refractivity contribution is 0.0696. The summed E-state index contributed by atoms with van der Waals surface area (Å²) < 4.78 is 5.84. The number of ether oxygens (including phenoxy) is 1. The Labute approximate surface area is 161 Å². The summed E-state index contributed by atoms with van der Waals surface area (Å²) in [6.07, 6.45) is 8.44. The number of aromatic nitrogens is 2. The summed E-state index contributed by atoms with van der Waals surface area (Å²) in [7, 11) is 0. The van der Waals surface area contributed by atoms with Crippen LogP contribution < -0.4 is 4.74 Å². The van der Waals surface area contributed by atoms with Crippen LogP contribution in [0.5, 0.6) is 5.75 Å². The third-order valence-corrected chi connectivity index (χ3v) is 4.36. The fourth-order valence-corrected chi connectivity index (χ4v) is 2.89. The molecular weight excluding hydrogens is 354 g/mol. The van der Waals surface area contributed by atoms with Crippen molar-refractivity contribution in [2.45, 2.75) is 6.61 Å². The van der Waals surface area contributed by atoms with Gasteiger partial charge in [0.1, 0.15) is 12.4 Å². The molecule has 1 aromatic carbocycles. The van der Waals surface area contributed by atoms with Crippen molar-refractivity contribution >= 4 is 17.8 Å². The van der Waals surface area contributed by atoms with Crippen LogP contribution in [-0.2, 0) is 6.61 Å². The molecule has 0 spiro atoms. The zero-order valence-corrected chi connectivity index (χ0v) is 14.9. The minimum atomic E-state index is -0.996. The predicted molar refractivity (Wildman–Crippen MR) is 107 cm³/mol. The van der Waals surface area contributed by atoms with Crippen molar-refractivity contribution in [3.8, 4) is 16.9 Å². The molecule has 0 saturated carbocycles. The second kappa shape index (κ2) is 7.84. The highest BCUT2D eigenvalue weighted by Crippen LogP contribution is 2.22. The van der Waals surface area contributed by atoms with Crippen molar-refractivity contribution in [2.75, 3.05) is 6.54 Å². The van der Waals surface area contributed by atoms with Gasteiger partial charge in [-0.25, -0.2) is 4.79 Å². The Morgan fingerprint density at radius 2 is 2.00 bits per heavy atom. The lowest BCUT2D eigenvalue weighted by Gasteiger charge is -2.09. The zero-order valence-electron chi connectivity index (χ0n) is 14.9. The van der Waals surface area contributed by atoms with E-state index >= 15 is 0 Å². The minimum absolute atomic E-state index is 0.160. The quantitative estimate of drug-likeness (QED) is 0.711. The van der Waals surface area contributed by atoms with E-state index < -0.39 is 5.97 Å². The van der Waals surface area contributed by atoms with Crippen molar-refractivity contribution < 1.29 is 14.6 Å². The average Bonchev–Trinajstić information content (AvgIpc) is 3.28. The third kappa shape index (κ3) is 3.96. The smallest absolute Gasteiger partial charge is 0.337 e. The number of benzene rings is 1. The highest BCUT2D eigenvalue weighted by atomic mass is 16.5. The van der Waals surface area contributed by atoms with Crippen LogP contribution >= 0.6 is 0 Å². The molecule has 1 N–H and O–H groups in total. The summed E-state index contributed by atoms with van der Waals surface area (Å²) in [5, 5.41) is 9.13. The van der Waals surface area contributed by atoms with Crippen molar-refractivity contribution in [3.63, 3.8) is 0 Å². The lowest BCUT2D eigenvalue weighted by atomic mass is 10.0. The Morgan fingerprint density at radius 1 is 1.07 bits per heavy atom. The first-order valence-electron chi connectivity index (χ1n) is 8.75. The van der Waals surface area contributed by atoms with Crippen LogP contribution in [-0.4, -0.2) is 33.8 Å². The molecule has 2 aromatic heterocycles. The van der Waals surface area contributed by atoms with Gasteiger partial charge in [-0.1, -0.05) is 18.2 Å². The molecule has 0 aliphatic carbocycles. The Morgan fingerprint density at radius 3 is 2.75 bits per heavy atom. The predicted octanol–water partition coefficient (Wildman–Crippen LogP) is 3.89. The number of carboxylic acids is 1. The van der Waals surface area contributed by atoms with Gasteiger partial charge >= 0.3 is 5.97 Å². The number of pyridine rings is 2. The number of carbonyl (C=O) groups is 1. The molecule has 138 valence electrons. The number of allylic oxidation sites excluding steroid dienone is 1. The van der Waals surface area contributed by atoms with Gasteiger partial charge in [0.05, 0.1) is 24.0 Å². The Hall–Kier alpha value is -3.80. The number of aliphatic imine (C=N–C) groups is 1. The molecule has 4 rings (SSSR count). The van der Waals surface area contributed by atoms with Gasteiger partial charge in [-0.3, -0.25) is 15.0 Å². The summed E-state index contributed by atoms with van der Waals surface area (Å²) >= 11 is 0. The van der Waals surface area contributed by atoms with Crippen LogP contribution in [0.2, 0.25) is 0 Å². The second-order valence-electron chi connectivity index (χ2n) is 6.32. The minimum Gasteiger partial charge on any atom is -0.487 e. The molecule has 0 saturated heterocycles. The van der Waals surface area contributed by atoms with Crippen molar-refractivity contribution in [1.29, 1.82) is 0 Å². The van der Waals surface area contributed by atoms with E-state index in [1.165, 1.54) is 6.20 Å². The van der Waals surface area contributed by atoms with E-state index in [-0.39, 0.29) is 5.56 Å². The average molecular weight is 371 g/mol. The summed E-state index contributed by atoms with van der Waals surface area (Å²) in [5.74, 6) is -0.312. The maximum Gasteiger partial charge on any atom is 0.337 e. The number of hydrogen-bond acceptors (Lipinski definition) is 5.